The molecule has 1 aromatic heterocycles. The van der Waals surface area contributed by atoms with Crippen molar-refractivity contribution >= 4 is 43.8 Å². The van der Waals surface area contributed by atoms with Gasteiger partial charge < -0.3 is 5.73 Å². The fraction of sp³-hybridized carbons (Fsp3) is 0.0909. The maximum atomic E-state index is 12.9. The summed E-state index contributed by atoms with van der Waals surface area (Å²) in [5.74, 6) is -0.0331. The van der Waals surface area contributed by atoms with Gasteiger partial charge in [0.05, 0.1) is 27.1 Å². The van der Waals surface area contributed by atoms with Gasteiger partial charge in [-0.15, -0.1) is 11.3 Å². The SMILES string of the molecule is Nc1cc(F)ccc1S(=O)Cc1sccc1Br. The summed E-state index contributed by atoms with van der Waals surface area (Å²) in [7, 11) is -1.25. The lowest BCUT2D eigenvalue weighted by Crippen LogP contribution is -2.00. The van der Waals surface area contributed by atoms with Crippen LogP contribution >= 0.6 is 27.3 Å². The van der Waals surface area contributed by atoms with Gasteiger partial charge in [0, 0.05) is 9.35 Å². The van der Waals surface area contributed by atoms with Crippen molar-refractivity contribution in [1.29, 1.82) is 0 Å². The normalized spacial score (nSPS) is 12.6. The number of nitrogens with two attached hydrogens (primary N) is 1. The molecule has 0 aliphatic heterocycles. The molecule has 0 saturated heterocycles. The van der Waals surface area contributed by atoms with Gasteiger partial charge in [-0.3, -0.25) is 4.21 Å². The summed E-state index contributed by atoms with van der Waals surface area (Å²) < 4.78 is 25.9. The fourth-order valence-corrected chi connectivity index (χ4v) is 4.50. The molecule has 2 N–H and O–H groups in total. The number of nitrogen functional groups attached to an aromatic ring is 1. The van der Waals surface area contributed by atoms with Crippen molar-refractivity contribution < 1.29 is 8.60 Å². The predicted octanol–water partition coefficient (Wildman–Crippen LogP) is 3.54. The number of hydrogen-bond acceptors (Lipinski definition) is 3. The van der Waals surface area contributed by atoms with Crippen molar-refractivity contribution in [3.05, 3.63) is 44.8 Å². The van der Waals surface area contributed by atoms with Gasteiger partial charge in [-0.2, -0.15) is 0 Å². The molecule has 0 fully saturated rings. The molecule has 1 heterocycles. The van der Waals surface area contributed by atoms with Gasteiger partial charge in [-0.05, 0) is 45.6 Å². The van der Waals surface area contributed by atoms with Gasteiger partial charge in [0.25, 0.3) is 0 Å². The van der Waals surface area contributed by atoms with E-state index in [0.29, 0.717) is 10.6 Å². The van der Waals surface area contributed by atoms with Gasteiger partial charge >= 0.3 is 0 Å². The highest BCUT2D eigenvalue weighted by molar-refractivity contribution is 9.10. The highest BCUT2D eigenvalue weighted by atomic mass is 79.9. The Hall–Kier alpha value is -0.720. The Morgan fingerprint density at radius 2 is 2.18 bits per heavy atom. The molecule has 2 aromatic rings. The van der Waals surface area contributed by atoms with E-state index in [0.717, 1.165) is 9.35 Å². The van der Waals surface area contributed by atoms with Crippen molar-refractivity contribution in [2.75, 3.05) is 5.73 Å². The fourth-order valence-electron chi connectivity index (χ4n) is 1.35. The Morgan fingerprint density at radius 3 is 2.76 bits per heavy atom. The van der Waals surface area contributed by atoms with E-state index in [2.05, 4.69) is 15.9 Å². The second kappa shape index (κ2) is 5.29. The van der Waals surface area contributed by atoms with Crippen LogP contribution in [-0.2, 0) is 16.6 Å². The minimum atomic E-state index is -1.25. The molecule has 0 bridgehead atoms. The molecular formula is C11H9BrFNOS2. The summed E-state index contributed by atoms with van der Waals surface area (Å²) in [5, 5.41) is 1.92. The second-order valence-corrected chi connectivity index (χ2v) is 6.64. The monoisotopic (exact) mass is 333 g/mol. The first-order chi connectivity index (χ1) is 8.08. The Balaban J connectivity index is 2.23. The average Bonchev–Trinajstić information content (AvgIpc) is 2.64. The molecule has 0 saturated carbocycles. The Labute approximate surface area is 113 Å². The van der Waals surface area contributed by atoms with Gasteiger partial charge in [0.1, 0.15) is 5.82 Å². The summed E-state index contributed by atoms with van der Waals surface area (Å²) in [6, 6.07) is 5.84. The molecule has 2 rings (SSSR count). The standard InChI is InChI=1S/C11H9BrFNOS2/c12-8-3-4-16-10(8)6-17(15)11-2-1-7(13)5-9(11)14/h1-5H,6,14H2. The lowest BCUT2D eigenvalue weighted by molar-refractivity contribution is 0.627. The zero-order valence-corrected chi connectivity index (χ0v) is 11.9. The van der Waals surface area contributed by atoms with Crippen LogP contribution in [0.3, 0.4) is 0 Å². The largest absolute Gasteiger partial charge is 0.398 e. The van der Waals surface area contributed by atoms with Crippen LogP contribution in [0.4, 0.5) is 10.1 Å². The van der Waals surface area contributed by atoms with E-state index in [4.69, 9.17) is 5.73 Å². The molecular weight excluding hydrogens is 325 g/mol. The number of rotatable bonds is 3. The molecule has 17 heavy (non-hydrogen) atoms. The van der Waals surface area contributed by atoms with Gasteiger partial charge in [-0.1, -0.05) is 0 Å². The first-order valence-corrected chi connectivity index (χ1v) is 7.72. The second-order valence-electron chi connectivity index (χ2n) is 3.36. The maximum Gasteiger partial charge on any atom is 0.125 e. The molecule has 1 atom stereocenters. The Kier molecular flexibility index (Phi) is 3.96. The maximum absolute atomic E-state index is 12.9. The van der Waals surface area contributed by atoms with Crippen LogP contribution in [0.25, 0.3) is 0 Å². The van der Waals surface area contributed by atoms with Crippen molar-refractivity contribution in [3.63, 3.8) is 0 Å². The molecule has 1 aromatic carbocycles. The van der Waals surface area contributed by atoms with E-state index in [9.17, 15) is 8.60 Å². The van der Waals surface area contributed by atoms with E-state index in [1.54, 1.807) is 0 Å². The van der Waals surface area contributed by atoms with Crippen molar-refractivity contribution in [1.82, 2.24) is 0 Å². The van der Waals surface area contributed by atoms with Crippen molar-refractivity contribution in [2.45, 2.75) is 10.6 Å². The Morgan fingerprint density at radius 1 is 1.41 bits per heavy atom. The average molecular weight is 334 g/mol. The smallest absolute Gasteiger partial charge is 0.125 e. The van der Waals surface area contributed by atoms with E-state index in [1.807, 2.05) is 11.4 Å². The summed E-state index contributed by atoms with van der Waals surface area (Å²) in [6.45, 7) is 0. The van der Waals surface area contributed by atoms with Gasteiger partial charge in [0.15, 0.2) is 0 Å². The minimum absolute atomic E-state index is 0.232. The topological polar surface area (TPSA) is 43.1 Å². The molecule has 90 valence electrons. The lowest BCUT2D eigenvalue weighted by Gasteiger charge is -2.05. The molecule has 0 aliphatic rings. The van der Waals surface area contributed by atoms with Gasteiger partial charge in [0.2, 0.25) is 0 Å². The third-order valence-corrected chi connectivity index (χ3v) is 5.69. The molecule has 1 unspecified atom stereocenters. The molecule has 0 spiro atoms. The van der Waals surface area contributed by atoms with E-state index >= 15 is 0 Å². The summed E-state index contributed by atoms with van der Waals surface area (Å²) in [5.41, 5.74) is 5.88. The van der Waals surface area contributed by atoms with Crippen LogP contribution in [-0.4, -0.2) is 4.21 Å². The number of anilines is 1. The summed E-state index contributed by atoms with van der Waals surface area (Å²) >= 11 is 4.91. The Bertz CT molecular complexity index is 570. The molecule has 0 aliphatic carbocycles. The van der Waals surface area contributed by atoms with Crippen LogP contribution in [0.2, 0.25) is 0 Å². The summed E-state index contributed by atoms with van der Waals surface area (Å²) in [6.07, 6.45) is 0. The number of benzene rings is 1. The first kappa shape index (κ1) is 12.7. The minimum Gasteiger partial charge on any atom is -0.398 e. The molecule has 0 amide bonds. The van der Waals surface area contributed by atoms with E-state index < -0.39 is 16.6 Å². The highest BCUT2D eigenvalue weighted by Crippen LogP contribution is 2.27. The predicted molar refractivity (Wildman–Crippen MR) is 72.9 cm³/mol. The summed E-state index contributed by atoms with van der Waals surface area (Å²) in [4.78, 5) is 1.47. The van der Waals surface area contributed by atoms with E-state index in [-0.39, 0.29) is 5.69 Å². The van der Waals surface area contributed by atoms with Crippen molar-refractivity contribution in [2.24, 2.45) is 0 Å². The number of halogens is 2. The highest BCUT2D eigenvalue weighted by Gasteiger charge is 2.12. The molecule has 0 radical (unpaired) electrons. The number of thiophene rings is 1. The van der Waals surface area contributed by atoms with Crippen molar-refractivity contribution in [3.8, 4) is 0 Å². The zero-order chi connectivity index (χ0) is 12.4. The van der Waals surface area contributed by atoms with E-state index in [1.165, 1.54) is 29.5 Å². The molecule has 6 heteroatoms. The third kappa shape index (κ3) is 2.94. The van der Waals surface area contributed by atoms with Crippen LogP contribution < -0.4 is 5.73 Å². The third-order valence-electron chi connectivity index (χ3n) is 2.17. The lowest BCUT2D eigenvalue weighted by atomic mass is 10.3. The molecule has 2 nitrogen and oxygen atoms in total. The quantitative estimate of drug-likeness (QED) is 0.873. The van der Waals surface area contributed by atoms with Crippen LogP contribution in [0.1, 0.15) is 4.88 Å². The van der Waals surface area contributed by atoms with Crippen LogP contribution in [0, 0.1) is 5.82 Å². The van der Waals surface area contributed by atoms with Gasteiger partial charge in [-0.25, -0.2) is 4.39 Å². The van der Waals surface area contributed by atoms with Crippen LogP contribution in [0.15, 0.2) is 39.0 Å². The first-order valence-electron chi connectivity index (χ1n) is 4.73. The zero-order valence-electron chi connectivity index (χ0n) is 8.65. The number of hydrogen-bond donors (Lipinski definition) is 1. The van der Waals surface area contributed by atoms with Crippen LogP contribution in [0.5, 0.6) is 0 Å².